The van der Waals surface area contributed by atoms with Gasteiger partial charge in [-0.15, -0.1) is 5.10 Å². The Bertz CT molecular complexity index is 1430. The molecule has 1 N–H and O–H groups in total. The Morgan fingerprint density at radius 1 is 0.778 bits per heavy atom. The molecule has 0 aliphatic rings. The summed E-state index contributed by atoms with van der Waals surface area (Å²) in [6, 6.07) is 38.5. The lowest BCUT2D eigenvalue weighted by atomic mass is 10.2. The van der Waals surface area contributed by atoms with Crippen LogP contribution in [0.25, 0.3) is 11.8 Å². The zero-order chi connectivity index (χ0) is 24.6. The van der Waals surface area contributed by atoms with Crippen molar-refractivity contribution in [2.75, 3.05) is 16.8 Å². The third-order valence-electron chi connectivity index (χ3n) is 5.52. The first-order valence-electron chi connectivity index (χ1n) is 11.7. The average Bonchev–Trinajstić information content (AvgIpc) is 3.37. The molecule has 0 bridgehead atoms. The first-order chi connectivity index (χ1) is 17.8. The van der Waals surface area contributed by atoms with E-state index in [9.17, 15) is 4.79 Å². The van der Waals surface area contributed by atoms with E-state index < -0.39 is 0 Å². The number of hydrogen-bond acceptors (Lipinski definition) is 4. The zero-order valence-electron chi connectivity index (χ0n) is 19.6. The lowest BCUT2D eigenvalue weighted by Gasteiger charge is -2.19. The Morgan fingerprint density at radius 3 is 2.03 bits per heavy atom. The lowest BCUT2D eigenvalue weighted by Crippen LogP contribution is -2.27. The average molecular weight is 472 g/mol. The van der Waals surface area contributed by atoms with Gasteiger partial charge in [0.15, 0.2) is 0 Å². The highest BCUT2D eigenvalue weighted by atomic mass is 16.2. The molecular weight excluding hydrogens is 446 g/mol. The predicted octanol–water partition coefficient (Wildman–Crippen LogP) is 6.37. The van der Waals surface area contributed by atoms with E-state index in [1.807, 2.05) is 121 Å². The summed E-state index contributed by atoms with van der Waals surface area (Å²) in [7, 11) is 0. The summed E-state index contributed by atoms with van der Waals surface area (Å²) in [5.41, 5.74) is 3.20. The largest absolute Gasteiger partial charge is 0.351 e. The van der Waals surface area contributed by atoms with E-state index in [0.29, 0.717) is 23.7 Å². The molecule has 176 valence electrons. The number of nitrogens with one attached hydrogen (secondary N) is 1. The van der Waals surface area contributed by atoms with Crippen LogP contribution < -0.4 is 10.2 Å². The van der Waals surface area contributed by atoms with Crippen LogP contribution in [0.3, 0.4) is 0 Å². The molecule has 0 spiro atoms. The molecule has 1 heterocycles. The molecule has 6 heteroatoms. The molecule has 0 saturated carbocycles. The van der Waals surface area contributed by atoms with Crippen LogP contribution >= 0.6 is 0 Å². The minimum Gasteiger partial charge on any atom is -0.351 e. The SMILES string of the molecule is O=C(c1ccccc1)N(c1ccccc1)c1nc(NCC=Cc2ccccc2)n(-c2ccccc2)n1. The number of aromatic nitrogens is 3. The van der Waals surface area contributed by atoms with Gasteiger partial charge in [-0.25, -0.2) is 4.90 Å². The first kappa shape index (κ1) is 22.8. The van der Waals surface area contributed by atoms with E-state index in [2.05, 4.69) is 5.32 Å². The predicted molar refractivity (Wildman–Crippen MR) is 145 cm³/mol. The quantitative estimate of drug-likeness (QED) is 0.286. The van der Waals surface area contributed by atoms with Gasteiger partial charge in [-0.05, 0) is 42.0 Å². The Balaban J connectivity index is 1.51. The fourth-order valence-corrected chi connectivity index (χ4v) is 3.78. The van der Waals surface area contributed by atoms with Crippen LogP contribution in [0.5, 0.6) is 0 Å². The van der Waals surface area contributed by atoms with E-state index >= 15 is 0 Å². The number of carbonyl (C=O) groups is 1. The Morgan fingerprint density at radius 2 is 1.36 bits per heavy atom. The molecule has 0 unspecified atom stereocenters. The molecule has 5 aromatic rings. The molecule has 0 aliphatic heterocycles. The molecule has 1 aromatic heterocycles. The molecule has 36 heavy (non-hydrogen) atoms. The van der Waals surface area contributed by atoms with Crippen LogP contribution in [0.15, 0.2) is 127 Å². The standard InChI is InChI=1S/C30H25N5O/c36-28(25-17-7-2-8-18-25)34(26-19-9-3-10-20-26)30-32-29(35(33-30)27-21-11-4-12-22-27)31-23-13-16-24-14-5-1-6-15-24/h1-22H,23H2,(H,31,32,33). The Labute approximate surface area is 210 Å². The normalized spacial score (nSPS) is 10.9. The molecule has 1 amide bonds. The van der Waals surface area contributed by atoms with Gasteiger partial charge in [0.1, 0.15) is 0 Å². The summed E-state index contributed by atoms with van der Waals surface area (Å²) in [6.07, 6.45) is 4.08. The number of para-hydroxylation sites is 2. The minimum absolute atomic E-state index is 0.206. The van der Waals surface area contributed by atoms with Crippen LogP contribution in [0.1, 0.15) is 15.9 Å². The van der Waals surface area contributed by atoms with Gasteiger partial charge in [-0.2, -0.15) is 9.67 Å². The molecule has 0 radical (unpaired) electrons. The maximum Gasteiger partial charge on any atom is 0.265 e. The molecule has 0 atom stereocenters. The van der Waals surface area contributed by atoms with Gasteiger partial charge in [-0.1, -0.05) is 97.1 Å². The summed E-state index contributed by atoms with van der Waals surface area (Å²) in [6.45, 7) is 0.540. The number of amides is 1. The van der Waals surface area contributed by atoms with Crippen molar-refractivity contribution in [3.8, 4) is 5.69 Å². The number of hydrogen-bond donors (Lipinski definition) is 1. The molecule has 6 nitrogen and oxygen atoms in total. The molecule has 5 rings (SSSR count). The fourth-order valence-electron chi connectivity index (χ4n) is 3.78. The number of nitrogens with zero attached hydrogens (tertiary/aromatic N) is 4. The van der Waals surface area contributed by atoms with Crippen molar-refractivity contribution in [2.24, 2.45) is 0 Å². The van der Waals surface area contributed by atoms with E-state index in [1.165, 1.54) is 0 Å². The van der Waals surface area contributed by atoms with E-state index in [1.54, 1.807) is 21.7 Å². The second-order valence-corrected chi connectivity index (χ2v) is 8.02. The van der Waals surface area contributed by atoms with Gasteiger partial charge < -0.3 is 5.32 Å². The highest BCUT2D eigenvalue weighted by Gasteiger charge is 2.25. The number of rotatable bonds is 8. The summed E-state index contributed by atoms with van der Waals surface area (Å²) >= 11 is 0. The first-order valence-corrected chi connectivity index (χ1v) is 11.7. The summed E-state index contributed by atoms with van der Waals surface area (Å²) in [4.78, 5) is 19.9. The highest BCUT2D eigenvalue weighted by molar-refractivity contribution is 6.09. The fraction of sp³-hybridized carbons (Fsp3) is 0.0333. The minimum atomic E-state index is -0.206. The van der Waals surface area contributed by atoms with E-state index in [0.717, 1.165) is 11.3 Å². The van der Waals surface area contributed by atoms with Gasteiger partial charge in [-0.3, -0.25) is 4.79 Å². The third-order valence-corrected chi connectivity index (χ3v) is 5.52. The second-order valence-electron chi connectivity index (χ2n) is 8.02. The third kappa shape index (κ3) is 5.23. The summed E-state index contributed by atoms with van der Waals surface area (Å²) in [5, 5.41) is 8.12. The molecule has 4 aromatic carbocycles. The van der Waals surface area contributed by atoms with Crippen molar-refractivity contribution >= 4 is 29.6 Å². The molecule has 0 aliphatic carbocycles. The second kappa shape index (κ2) is 11.0. The van der Waals surface area contributed by atoms with Crippen molar-refractivity contribution in [1.29, 1.82) is 0 Å². The van der Waals surface area contributed by atoms with Crippen LogP contribution in [0.2, 0.25) is 0 Å². The Kier molecular flexibility index (Phi) is 6.95. The maximum atomic E-state index is 13.6. The lowest BCUT2D eigenvalue weighted by molar-refractivity contribution is 0.0998. The van der Waals surface area contributed by atoms with Gasteiger partial charge in [0.2, 0.25) is 5.95 Å². The highest BCUT2D eigenvalue weighted by Crippen LogP contribution is 2.27. The van der Waals surface area contributed by atoms with Crippen molar-refractivity contribution in [3.05, 3.63) is 139 Å². The van der Waals surface area contributed by atoms with Crippen molar-refractivity contribution in [2.45, 2.75) is 0 Å². The van der Waals surface area contributed by atoms with Crippen molar-refractivity contribution < 1.29 is 4.79 Å². The van der Waals surface area contributed by atoms with Gasteiger partial charge in [0.05, 0.1) is 11.4 Å². The smallest absolute Gasteiger partial charge is 0.265 e. The van der Waals surface area contributed by atoms with Gasteiger partial charge in [0.25, 0.3) is 11.9 Å². The summed E-state index contributed by atoms with van der Waals surface area (Å²) < 4.78 is 1.72. The topological polar surface area (TPSA) is 63.1 Å². The van der Waals surface area contributed by atoms with Crippen LogP contribution in [-0.2, 0) is 0 Å². The summed E-state index contributed by atoms with van der Waals surface area (Å²) in [5.74, 6) is 0.617. The van der Waals surface area contributed by atoms with E-state index in [4.69, 9.17) is 10.1 Å². The van der Waals surface area contributed by atoms with Gasteiger partial charge in [0, 0.05) is 12.1 Å². The van der Waals surface area contributed by atoms with Crippen LogP contribution in [0.4, 0.5) is 17.6 Å². The monoisotopic (exact) mass is 471 g/mol. The number of anilines is 3. The van der Waals surface area contributed by atoms with Crippen LogP contribution in [0, 0.1) is 0 Å². The Hall–Kier alpha value is -4.97. The number of benzene rings is 4. The van der Waals surface area contributed by atoms with Crippen LogP contribution in [-0.4, -0.2) is 27.2 Å². The number of carbonyl (C=O) groups excluding carboxylic acids is 1. The van der Waals surface area contributed by atoms with Gasteiger partial charge >= 0.3 is 0 Å². The zero-order valence-corrected chi connectivity index (χ0v) is 19.6. The molecular formula is C30H25N5O. The maximum absolute atomic E-state index is 13.6. The van der Waals surface area contributed by atoms with Crippen molar-refractivity contribution in [3.63, 3.8) is 0 Å². The molecule has 0 fully saturated rings. The van der Waals surface area contributed by atoms with Crippen molar-refractivity contribution in [1.82, 2.24) is 14.8 Å². The molecule has 0 saturated heterocycles. The van der Waals surface area contributed by atoms with E-state index in [-0.39, 0.29) is 11.9 Å².